The van der Waals surface area contributed by atoms with Crippen LogP contribution in [0.3, 0.4) is 0 Å². The number of pyridine rings is 1. The van der Waals surface area contributed by atoms with Gasteiger partial charge in [-0.1, -0.05) is 23.7 Å². The van der Waals surface area contributed by atoms with Crippen molar-refractivity contribution >= 4 is 23.6 Å². The Kier molecular flexibility index (Phi) is 8.19. The monoisotopic (exact) mass is 468 g/mol. The van der Waals surface area contributed by atoms with Crippen molar-refractivity contribution in [1.82, 2.24) is 4.98 Å². The topological polar surface area (TPSA) is 88.8 Å². The number of hydrogen-bond donors (Lipinski definition) is 1. The summed E-state index contributed by atoms with van der Waals surface area (Å²) in [6, 6.07) is 13.3. The Bertz CT molecular complexity index is 1190. The molecule has 0 aliphatic heterocycles. The zero-order valence-corrected chi connectivity index (χ0v) is 19.1. The normalized spacial score (nSPS) is 10.8. The van der Waals surface area contributed by atoms with Gasteiger partial charge in [0.1, 0.15) is 24.1 Å². The van der Waals surface area contributed by atoms with Crippen LogP contribution in [0, 0.1) is 24.1 Å². The van der Waals surface area contributed by atoms with Crippen molar-refractivity contribution in [1.29, 1.82) is 5.26 Å². The number of anilines is 1. The van der Waals surface area contributed by atoms with Crippen molar-refractivity contribution in [3.05, 3.63) is 81.3 Å². The number of nitrogens with one attached hydrogen (secondary N) is 1. The van der Waals surface area contributed by atoms with Gasteiger partial charge in [-0.3, -0.25) is 5.43 Å². The summed E-state index contributed by atoms with van der Waals surface area (Å²) in [7, 11) is 3.06. The Morgan fingerprint density at radius 3 is 2.61 bits per heavy atom. The summed E-state index contributed by atoms with van der Waals surface area (Å²) in [6.45, 7) is 2.31. The molecule has 0 fully saturated rings. The summed E-state index contributed by atoms with van der Waals surface area (Å²) in [5.74, 6) is 0.798. The number of hydrogen-bond acceptors (Lipinski definition) is 7. The lowest BCUT2D eigenvalue weighted by Crippen LogP contribution is -2.03. The SMILES string of the molecule is COCc1cc(C)nc(NN=Cc2cc(Cl)c(OCc3ccc(F)cc3)c(OC)c2)c1C#N. The van der Waals surface area contributed by atoms with Crippen molar-refractivity contribution in [2.45, 2.75) is 20.1 Å². The van der Waals surface area contributed by atoms with E-state index in [0.29, 0.717) is 33.5 Å². The molecule has 9 heteroatoms. The molecule has 0 aliphatic rings. The van der Waals surface area contributed by atoms with Crippen molar-refractivity contribution in [2.24, 2.45) is 5.10 Å². The number of halogens is 2. The number of ether oxygens (including phenoxy) is 3. The van der Waals surface area contributed by atoms with Crippen LogP contribution in [0.1, 0.15) is 27.9 Å². The average molecular weight is 469 g/mol. The van der Waals surface area contributed by atoms with E-state index < -0.39 is 0 Å². The summed E-state index contributed by atoms with van der Waals surface area (Å²) in [6.07, 6.45) is 1.53. The molecule has 1 heterocycles. The molecule has 1 aromatic heterocycles. The summed E-state index contributed by atoms with van der Waals surface area (Å²) >= 11 is 6.41. The van der Waals surface area contributed by atoms with Gasteiger partial charge < -0.3 is 14.2 Å². The quantitative estimate of drug-likeness (QED) is 0.341. The van der Waals surface area contributed by atoms with E-state index in [1.165, 1.54) is 25.5 Å². The van der Waals surface area contributed by atoms with Gasteiger partial charge in [0.2, 0.25) is 0 Å². The largest absolute Gasteiger partial charge is 0.493 e. The average Bonchev–Trinajstić information content (AvgIpc) is 2.79. The van der Waals surface area contributed by atoms with Crippen LogP contribution in [-0.4, -0.2) is 25.4 Å². The number of methoxy groups -OCH3 is 2. The lowest BCUT2D eigenvalue weighted by molar-refractivity contribution is 0.184. The van der Waals surface area contributed by atoms with Crippen LogP contribution in [0.5, 0.6) is 11.5 Å². The molecule has 0 saturated heterocycles. The smallest absolute Gasteiger partial charge is 0.180 e. The van der Waals surface area contributed by atoms with Gasteiger partial charge in [-0.15, -0.1) is 0 Å². The maximum atomic E-state index is 13.1. The molecule has 170 valence electrons. The Morgan fingerprint density at radius 2 is 1.94 bits per heavy atom. The molecule has 3 aromatic rings. The second kappa shape index (κ2) is 11.3. The third-order valence-corrected chi connectivity index (χ3v) is 4.85. The molecule has 0 unspecified atom stereocenters. The lowest BCUT2D eigenvalue weighted by Gasteiger charge is -2.13. The van der Waals surface area contributed by atoms with Gasteiger partial charge in [-0.25, -0.2) is 9.37 Å². The van der Waals surface area contributed by atoms with Crippen LogP contribution in [0.15, 0.2) is 47.6 Å². The fourth-order valence-electron chi connectivity index (χ4n) is 3.07. The number of nitriles is 1. The van der Waals surface area contributed by atoms with Crippen LogP contribution in [-0.2, 0) is 18.0 Å². The van der Waals surface area contributed by atoms with Gasteiger partial charge in [0.05, 0.1) is 25.0 Å². The Hall–Kier alpha value is -3.67. The fourth-order valence-corrected chi connectivity index (χ4v) is 3.35. The summed E-state index contributed by atoms with van der Waals surface area (Å²) < 4.78 is 29.4. The molecule has 0 spiro atoms. The molecule has 0 aliphatic carbocycles. The molecule has 0 bridgehead atoms. The van der Waals surface area contributed by atoms with Gasteiger partial charge in [0.25, 0.3) is 0 Å². The van der Waals surface area contributed by atoms with Gasteiger partial charge in [-0.2, -0.15) is 10.4 Å². The van der Waals surface area contributed by atoms with E-state index in [0.717, 1.165) is 16.8 Å². The van der Waals surface area contributed by atoms with E-state index >= 15 is 0 Å². The van der Waals surface area contributed by atoms with E-state index in [2.05, 4.69) is 21.6 Å². The summed E-state index contributed by atoms with van der Waals surface area (Å²) in [5.41, 5.74) is 6.05. The molecule has 0 atom stereocenters. The molecule has 3 rings (SSSR count). The Morgan fingerprint density at radius 1 is 1.18 bits per heavy atom. The number of benzene rings is 2. The zero-order valence-electron chi connectivity index (χ0n) is 18.4. The summed E-state index contributed by atoms with van der Waals surface area (Å²) in [5, 5.41) is 14.0. The molecular formula is C24H22ClFN4O3. The van der Waals surface area contributed by atoms with Crippen LogP contribution in [0.2, 0.25) is 5.02 Å². The van der Waals surface area contributed by atoms with Gasteiger partial charge >= 0.3 is 0 Å². The molecule has 0 radical (unpaired) electrons. The first kappa shape index (κ1) is 24.0. The number of aromatic nitrogens is 1. The lowest BCUT2D eigenvalue weighted by atomic mass is 10.1. The first-order valence-corrected chi connectivity index (χ1v) is 10.3. The molecule has 7 nitrogen and oxygen atoms in total. The van der Waals surface area contributed by atoms with E-state index in [4.69, 9.17) is 25.8 Å². The second-order valence-corrected chi connectivity index (χ2v) is 7.42. The Labute approximate surface area is 196 Å². The molecule has 33 heavy (non-hydrogen) atoms. The minimum Gasteiger partial charge on any atom is -0.493 e. The first-order valence-electron chi connectivity index (χ1n) is 9.88. The standard InChI is InChI=1S/C24H22ClFN4O3/c1-15-8-18(14-31-2)20(11-27)24(29-15)30-28-12-17-9-21(25)23(22(10-17)32-3)33-13-16-4-6-19(26)7-5-16/h4-10,12H,13-14H2,1-3H3,(H,29,30). The van der Waals surface area contributed by atoms with Crippen LogP contribution in [0.25, 0.3) is 0 Å². The van der Waals surface area contributed by atoms with E-state index in [-0.39, 0.29) is 19.0 Å². The van der Waals surface area contributed by atoms with E-state index in [9.17, 15) is 9.65 Å². The first-order chi connectivity index (χ1) is 15.9. The van der Waals surface area contributed by atoms with Crippen molar-refractivity contribution in [3.63, 3.8) is 0 Å². The van der Waals surface area contributed by atoms with Crippen LogP contribution in [0.4, 0.5) is 10.2 Å². The molecule has 0 amide bonds. The van der Waals surface area contributed by atoms with Crippen molar-refractivity contribution in [3.8, 4) is 17.6 Å². The highest BCUT2D eigenvalue weighted by Gasteiger charge is 2.13. The van der Waals surface area contributed by atoms with Gasteiger partial charge in [0.15, 0.2) is 17.3 Å². The minimum atomic E-state index is -0.315. The van der Waals surface area contributed by atoms with Gasteiger partial charge in [0, 0.05) is 18.4 Å². The van der Waals surface area contributed by atoms with Crippen molar-refractivity contribution < 1.29 is 18.6 Å². The molecule has 0 saturated carbocycles. The maximum absolute atomic E-state index is 13.1. The highest BCUT2D eigenvalue weighted by Crippen LogP contribution is 2.36. The number of aryl methyl sites for hydroxylation is 1. The highest BCUT2D eigenvalue weighted by molar-refractivity contribution is 6.32. The molecule has 2 aromatic carbocycles. The molecular weight excluding hydrogens is 447 g/mol. The minimum absolute atomic E-state index is 0.200. The van der Waals surface area contributed by atoms with Gasteiger partial charge in [-0.05, 0) is 48.4 Å². The predicted molar refractivity (Wildman–Crippen MR) is 124 cm³/mol. The second-order valence-electron chi connectivity index (χ2n) is 7.01. The highest BCUT2D eigenvalue weighted by atomic mass is 35.5. The third kappa shape index (κ3) is 6.19. The van der Waals surface area contributed by atoms with E-state index in [1.54, 1.807) is 37.4 Å². The number of rotatable bonds is 9. The number of nitrogens with zero attached hydrogens (tertiary/aromatic N) is 3. The molecule has 1 N–H and O–H groups in total. The fraction of sp³-hybridized carbons (Fsp3) is 0.208. The van der Waals surface area contributed by atoms with Crippen LogP contribution < -0.4 is 14.9 Å². The Balaban J connectivity index is 1.77. The van der Waals surface area contributed by atoms with Crippen molar-refractivity contribution in [2.75, 3.05) is 19.6 Å². The van der Waals surface area contributed by atoms with E-state index in [1.807, 2.05) is 6.92 Å². The maximum Gasteiger partial charge on any atom is 0.180 e. The predicted octanol–water partition coefficient (Wildman–Crippen LogP) is 5.23. The summed E-state index contributed by atoms with van der Waals surface area (Å²) in [4.78, 5) is 4.34. The number of hydrazone groups is 1. The third-order valence-electron chi connectivity index (χ3n) is 4.57. The van der Waals surface area contributed by atoms with Crippen LogP contribution >= 0.6 is 11.6 Å². The zero-order chi connectivity index (χ0) is 23.8.